The van der Waals surface area contributed by atoms with Gasteiger partial charge in [-0.1, -0.05) is 43.7 Å². The predicted octanol–water partition coefficient (Wildman–Crippen LogP) is 3.22. The van der Waals surface area contributed by atoms with E-state index in [9.17, 15) is 4.39 Å². The molecule has 0 bridgehead atoms. The molecule has 1 atom stereocenters. The highest BCUT2D eigenvalue weighted by atomic mass is 19.1. The third-order valence-electron chi connectivity index (χ3n) is 3.19. The number of hydrogen-bond acceptors (Lipinski definition) is 2. The largest absolute Gasteiger partial charge is 0.318 e. The van der Waals surface area contributed by atoms with Crippen molar-refractivity contribution in [2.75, 3.05) is 0 Å². The third kappa shape index (κ3) is 2.27. The van der Waals surface area contributed by atoms with Crippen LogP contribution in [-0.4, -0.2) is 4.98 Å². The maximum absolute atomic E-state index is 14.0. The van der Waals surface area contributed by atoms with Crippen molar-refractivity contribution in [2.45, 2.75) is 25.3 Å². The number of rotatable bonds is 4. The molecule has 1 aromatic carbocycles. The number of hydrogen-bond donors (Lipinski definition) is 1. The summed E-state index contributed by atoms with van der Waals surface area (Å²) < 4.78 is 14.0. The zero-order valence-electron chi connectivity index (χ0n) is 10.4. The monoisotopic (exact) mass is 244 g/mol. The molecule has 1 heterocycles. The van der Waals surface area contributed by atoms with Crippen LogP contribution in [0.3, 0.4) is 0 Å². The second-order valence-corrected chi connectivity index (χ2v) is 4.44. The van der Waals surface area contributed by atoms with Crippen molar-refractivity contribution in [3.05, 3.63) is 65.7 Å². The summed E-state index contributed by atoms with van der Waals surface area (Å²) in [5.41, 5.74) is 7.13. The second kappa shape index (κ2) is 5.27. The number of nitrogens with two attached hydrogens (primary N) is 1. The SMILES string of the molecule is CCCC(N)(c1ccccc1)c1ccncc1F. The van der Waals surface area contributed by atoms with E-state index in [-0.39, 0.29) is 5.82 Å². The molecule has 2 rings (SSSR count). The van der Waals surface area contributed by atoms with Crippen LogP contribution in [0, 0.1) is 5.82 Å². The van der Waals surface area contributed by atoms with Crippen LogP contribution in [0.5, 0.6) is 0 Å². The summed E-state index contributed by atoms with van der Waals surface area (Å²) in [6.45, 7) is 2.05. The molecule has 3 heteroatoms. The molecule has 1 unspecified atom stereocenters. The van der Waals surface area contributed by atoms with E-state index in [1.54, 1.807) is 12.3 Å². The van der Waals surface area contributed by atoms with E-state index in [0.29, 0.717) is 12.0 Å². The van der Waals surface area contributed by atoms with E-state index < -0.39 is 5.54 Å². The van der Waals surface area contributed by atoms with Crippen LogP contribution in [0.25, 0.3) is 0 Å². The molecule has 0 amide bonds. The van der Waals surface area contributed by atoms with E-state index in [2.05, 4.69) is 4.98 Å². The average Bonchev–Trinajstić information content (AvgIpc) is 2.40. The van der Waals surface area contributed by atoms with Crippen molar-refractivity contribution in [1.82, 2.24) is 4.98 Å². The van der Waals surface area contributed by atoms with Gasteiger partial charge in [0, 0.05) is 11.8 Å². The van der Waals surface area contributed by atoms with Crippen LogP contribution < -0.4 is 5.73 Å². The van der Waals surface area contributed by atoms with Gasteiger partial charge in [-0.25, -0.2) is 4.39 Å². The molecule has 0 fully saturated rings. The first kappa shape index (κ1) is 12.7. The molecule has 1 aromatic heterocycles. The zero-order valence-corrected chi connectivity index (χ0v) is 10.4. The minimum atomic E-state index is -0.789. The van der Waals surface area contributed by atoms with E-state index >= 15 is 0 Å². The lowest BCUT2D eigenvalue weighted by Gasteiger charge is -2.30. The first-order valence-electron chi connectivity index (χ1n) is 6.13. The van der Waals surface area contributed by atoms with Crippen LogP contribution >= 0.6 is 0 Å². The number of pyridine rings is 1. The third-order valence-corrected chi connectivity index (χ3v) is 3.19. The zero-order chi connectivity index (χ0) is 13.0. The Kier molecular flexibility index (Phi) is 3.72. The van der Waals surface area contributed by atoms with Gasteiger partial charge in [-0.3, -0.25) is 4.98 Å². The molecule has 0 aliphatic rings. The molecule has 0 aliphatic heterocycles. The first-order valence-corrected chi connectivity index (χ1v) is 6.13. The number of aromatic nitrogens is 1. The standard InChI is InChI=1S/C15H17FN2/c1-2-9-15(17,12-6-4-3-5-7-12)13-8-10-18-11-14(13)16/h3-8,10-11H,2,9,17H2,1H3. The van der Waals surface area contributed by atoms with Gasteiger partial charge in [-0.15, -0.1) is 0 Å². The van der Waals surface area contributed by atoms with Gasteiger partial charge in [0.2, 0.25) is 0 Å². The Labute approximate surface area is 107 Å². The highest BCUT2D eigenvalue weighted by Gasteiger charge is 2.31. The molecule has 2 aromatic rings. The molecule has 2 nitrogen and oxygen atoms in total. The lowest BCUT2D eigenvalue weighted by atomic mass is 9.80. The Hall–Kier alpha value is -1.74. The van der Waals surface area contributed by atoms with Gasteiger partial charge >= 0.3 is 0 Å². The Morgan fingerprint density at radius 2 is 1.94 bits per heavy atom. The average molecular weight is 244 g/mol. The van der Waals surface area contributed by atoms with Gasteiger partial charge in [0.15, 0.2) is 0 Å². The Balaban J connectivity index is 2.55. The topological polar surface area (TPSA) is 38.9 Å². The maximum Gasteiger partial charge on any atom is 0.146 e. The minimum Gasteiger partial charge on any atom is -0.318 e. The fourth-order valence-corrected chi connectivity index (χ4v) is 2.30. The highest BCUT2D eigenvalue weighted by molar-refractivity contribution is 5.37. The van der Waals surface area contributed by atoms with Gasteiger partial charge < -0.3 is 5.73 Å². The van der Waals surface area contributed by atoms with Crippen LogP contribution in [-0.2, 0) is 5.54 Å². The molecule has 2 N–H and O–H groups in total. The molecule has 94 valence electrons. The summed E-state index contributed by atoms with van der Waals surface area (Å²) in [7, 11) is 0. The molecule has 0 radical (unpaired) electrons. The van der Waals surface area contributed by atoms with Crippen molar-refractivity contribution in [1.29, 1.82) is 0 Å². The molecule has 0 saturated heterocycles. The first-order chi connectivity index (χ1) is 8.68. The lowest BCUT2D eigenvalue weighted by Crippen LogP contribution is -2.38. The summed E-state index contributed by atoms with van der Waals surface area (Å²) >= 11 is 0. The fourth-order valence-electron chi connectivity index (χ4n) is 2.30. The van der Waals surface area contributed by atoms with Crippen LogP contribution in [0.4, 0.5) is 4.39 Å². The normalized spacial score (nSPS) is 14.2. The lowest BCUT2D eigenvalue weighted by molar-refractivity contribution is 0.453. The van der Waals surface area contributed by atoms with Gasteiger partial charge in [0.05, 0.1) is 11.7 Å². The minimum absolute atomic E-state index is 0.350. The van der Waals surface area contributed by atoms with Crippen molar-refractivity contribution < 1.29 is 4.39 Å². The maximum atomic E-state index is 14.0. The van der Waals surface area contributed by atoms with Gasteiger partial charge in [0.25, 0.3) is 0 Å². The van der Waals surface area contributed by atoms with E-state index in [1.807, 2.05) is 37.3 Å². The number of benzene rings is 1. The summed E-state index contributed by atoms with van der Waals surface area (Å²) in [5, 5.41) is 0. The molecule has 0 aliphatic carbocycles. The molecular weight excluding hydrogens is 227 g/mol. The predicted molar refractivity (Wildman–Crippen MR) is 70.5 cm³/mol. The molecule has 18 heavy (non-hydrogen) atoms. The van der Waals surface area contributed by atoms with E-state index in [0.717, 1.165) is 12.0 Å². The van der Waals surface area contributed by atoms with Crippen molar-refractivity contribution >= 4 is 0 Å². The Morgan fingerprint density at radius 1 is 1.22 bits per heavy atom. The Bertz CT molecular complexity index is 513. The van der Waals surface area contributed by atoms with Crippen molar-refractivity contribution in [2.24, 2.45) is 5.73 Å². The van der Waals surface area contributed by atoms with Crippen molar-refractivity contribution in [3.63, 3.8) is 0 Å². The van der Waals surface area contributed by atoms with Gasteiger partial charge in [0.1, 0.15) is 5.82 Å². The van der Waals surface area contributed by atoms with E-state index in [1.165, 1.54) is 6.20 Å². The van der Waals surface area contributed by atoms with Crippen molar-refractivity contribution in [3.8, 4) is 0 Å². The smallest absolute Gasteiger partial charge is 0.146 e. The number of halogens is 1. The second-order valence-electron chi connectivity index (χ2n) is 4.44. The number of nitrogens with zero attached hydrogens (tertiary/aromatic N) is 1. The highest BCUT2D eigenvalue weighted by Crippen LogP contribution is 2.32. The van der Waals surface area contributed by atoms with Gasteiger partial charge in [-0.2, -0.15) is 0 Å². The van der Waals surface area contributed by atoms with Crippen LogP contribution in [0.1, 0.15) is 30.9 Å². The fraction of sp³-hybridized carbons (Fsp3) is 0.267. The molecule has 0 saturated carbocycles. The molecular formula is C15H17FN2. The Morgan fingerprint density at radius 3 is 2.56 bits per heavy atom. The summed E-state index contributed by atoms with van der Waals surface area (Å²) in [4.78, 5) is 3.78. The summed E-state index contributed by atoms with van der Waals surface area (Å²) in [6.07, 6.45) is 4.37. The summed E-state index contributed by atoms with van der Waals surface area (Å²) in [5.74, 6) is -0.350. The van der Waals surface area contributed by atoms with Crippen LogP contribution in [0.15, 0.2) is 48.8 Å². The molecule has 0 spiro atoms. The summed E-state index contributed by atoms with van der Waals surface area (Å²) in [6, 6.07) is 11.3. The quantitative estimate of drug-likeness (QED) is 0.896. The van der Waals surface area contributed by atoms with Crippen LogP contribution in [0.2, 0.25) is 0 Å². The van der Waals surface area contributed by atoms with Gasteiger partial charge in [-0.05, 0) is 18.1 Å². The van der Waals surface area contributed by atoms with E-state index in [4.69, 9.17) is 5.73 Å².